The second kappa shape index (κ2) is 8.04. The Kier molecular flexibility index (Phi) is 5.55. The molecule has 0 unspecified atom stereocenters. The predicted octanol–water partition coefficient (Wildman–Crippen LogP) is 3.51. The smallest absolute Gasteiger partial charge is 0.274 e. The van der Waals surface area contributed by atoms with Crippen LogP contribution < -0.4 is 5.32 Å². The van der Waals surface area contributed by atoms with Crippen molar-refractivity contribution in [2.24, 2.45) is 0 Å². The van der Waals surface area contributed by atoms with Gasteiger partial charge in [-0.2, -0.15) is 0 Å². The number of benzene rings is 1. The highest BCUT2D eigenvalue weighted by atomic mass is 32.2. The van der Waals surface area contributed by atoms with Crippen molar-refractivity contribution < 1.29 is 14.1 Å². The van der Waals surface area contributed by atoms with Crippen molar-refractivity contribution in [3.63, 3.8) is 0 Å². The number of nitro benzene ring substituents is 1. The molecule has 1 amide bonds. The number of nitrogens with one attached hydrogen (secondary N) is 1. The Morgan fingerprint density at radius 1 is 1.33 bits per heavy atom. The summed E-state index contributed by atoms with van der Waals surface area (Å²) >= 11 is 1.24. The minimum Gasteiger partial charge on any atom is -0.461 e. The lowest BCUT2D eigenvalue weighted by molar-refractivity contribution is -0.385. The summed E-state index contributed by atoms with van der Waals surface area (Å²) in [5.74, 6) is 1.01. The second-order valence-corrected chi connectivity index (χ2v) is 6.51. The summed E-state index contributed by atoms with van der Waals surface area (Å²) < 4.78 is 7.21. The SMILES string of the molecule is CCn1c(SCC(=O)Nc2cccc([N+](=O)[O-])c2C)nnc1-c1ccco1. The van der Waals surface area contributed by atoms with Crippen molar-refractivity contribution in [1.29, 1.82) is 0 Å². The van der Waals surface area contributed by atoms with Crippen molar-refractivity contribution in [2.45, 2.75) is 25.5 Å². The molecule has 0 saturated carbocycles. The highest BCUT2D eigenvalue weighted by molar-refractivity contribution is 7.99. The molecule has 1 aromatic carbocycles. The average Bonchev–Trinajstić information content (AvgIpc) is 3.30. The first-order chi connectivity index (χ1) is 13.0. The van der Waals surface area contributed by atoms with Crippen LogP contribution in [0.5, 0.6) is 0 Å². The average molecular weight is 387 g/mol. The quantitative estimate of drug-likeness (QED) is 0.374. The first kappa shape index (κ1) is 18.6. The van der Waals surface area contributed by atoms with Gasteiger partial charge < -0.3 is 9.73 Å². The number of hydrogen-bond acceptors (Lipinski definition) is 7. The molecule has 0 aliphatic rings. The first-order valence-electron chi connectivity index (χ1n) is 8.15. The highest BCUT2D eigenvalue weighted by Crippen LogP contribution is 2.27. The van der Waals surface area contributed by atoms with Crippen LogP contribution >= 0.6 is 11.8 Å². The van der Waals surface area contributed by atoms with E-state index in [1.165, 1.54) is 23.9 Å². The van der Waals surface area contributed by atoms with Crippen molar-refractivity contribution >= 4 is 29.0 Å². The fourth-order valence-corrected chi connectivity index (χ4v) is 3.34. The summed E-state index contributed by atoms with van der Waals surface area (Å²) in [6.07, 6.45) is 1.56. The van der Waals surface area contributed by atoms with Crippen molar-refractivity contribution in [2.75, 3.05) is 11.1 Å². The van der Waals surface area contributed by atoms with Crippen LogP contribution in [0.1, 0.15) is 12.5 Å². The second-order valence-electron chi connectivity index (χ2n) is 5.57. The van der Waals surface area contributed by atoms with E-state index < -0.39 is 4.92 Å². The third kappa shape index (κ3) is 4.00. The fourth-order valence-electron chi connectivity index (χ4n) is 2.54. The lowest BCUT2D eigenvalue weighted by Crippen LogP contribution is -2.15. The van der Waals surface area contributed by atoms with Gasteiger partial charge in [-0.05, 0) is 32.0 Å². The van der Waals surface area contributed by atoms with Gasteiger partial charge in [-0.15, -0.1) is 10.2 Å². The maximum absolute atomic E-state index is 12.3. The zero-order valence-electron chi connectivity index (χ0n) is 14.7. The van der Waals surface area contributed by atoms with E-state index in [0.717, 1.165) is 0 Å². The van der Waals surface area contributed by atoms with Crippen LogP contribution in [0.25, 0.3) is 11.6 Å². The Labute approximate surface area is 158 Å². The van der Waals surface area contributed by atoms with Gasteiger partial charge in [-0.1, -0.05) is 17.8 Å². The number of thioether (sulfide) groups is 1. The maximum Gasteiger partial charge on any atom is 0.274 e. The first-order valence-corrected chi connectivity index (χ1v) is 9.13. The summed E-state index contributed by atoms with van der Waals surface area (Å²) in [6, 6.07) is 8.14. The number of carbonyl (C=O) groups excluding carboxylic acids is 1. The fraction of sp³-hybridized carbons (Fsp3) is 0.235. The largest absolute Gasteiger partial charge is 0.461 e. The molecule has 10 heteroatoms. The Morgan fingerprint density at radius 3 is 2.81 bits per heavy atom. The van der Waals surface area contributed by atoms with Crippen LogP contribution in [0, 0.1) is 17.0 Å². The van der Waals surface area contributed by atoms with Gasteiger partial charge in [0.15, 0.2) is 16.7 Å². The van der Waals surface area contributed by atoms with Crippen LogP contribution in [0.2, 0.25) is 0 Å². The van der Waals surface area contributed by atoms with Gasteiger partial charge in [0.25, 0.3) is 5.69 Å². The maximum atomic E-state index is 12.3. The molecule has 0 spiro atoms. The third-order valence-electron chi connectivity index (χ3n) is 3.88. The number of carbonyl (C=O) groups is 1. The minimum atomic E-state index is -0.473. The number of hydrogen-bond donors (Lipinski definition) is 1. The third-order valence-corrected chi connectivity index (χ3v) is 4.85. The number of anilines is 1. The molecule has 140 valence electrons. The van der Waals surface area contributed by atoms with Crippen molar-refractivity contribution in [3.8, 4) is 11.6 Å². The lowest BCUT2D eigenvalue weighted by atomic mass is 10.1. The normalized spacial score (nSPS) is 10.7. The summed E-state index contributed by atoms with van der Waals surface area (Å²) in [5, 5.41) is 22.6. The van der Waals surface area contributed by atoms with E-state index in [1.54, 1.807) is 31.4 Å². The number of nitro groups is 1. The van der Waals surface area contributed by atoms with E-state index >= 15 is 0 Å². The van der Waals surface area contributed by atoms with Crippen molar-refractivity contribution in [1.82, 2.24) is 14.8 Å². The molecule has 0 bridgehead atoms. The molecule has 1 N–H and O–H groups in total. The number of rotatable bonds is 7. The van der Waals surface area contributed by atoms with Crippen LogP contribution in [-0.4, -0.2) is 31.3 Å². The molecule has 27 heavy (non-hydrogen) atoms. The lowest BCUT2D eigenvalue weighted by Gasteiger charge is -2.09. The molecule has 0 saturated heterocycles. The molecule has 0 aliphatic heterocycles. The molecule has 3 aromatic rings. The van der Waals surface area contributed by atoms with Gasteiger partial charge in [-0.25, -0.2) is 0 Å². The van der Waals surface area contributed by atoms with Gasteiger partial charge in [0.1, 0.15) is 0 Å². The highest BCUT2D eigenvalue weighted by Gasteiger charge is 2.18. The van der Waals surface area contributed by atoms with Crippen molar-refractivity contribution in [3.05, 3.63) is 52.3 Å². The Hall–Kier alpha value is -3.14. The molecular weight excluding hydrogens is 370 g/mol. The molecular formula is C17H17N5O4S. The van der Waals surface area contributed by atoms with Crippen LogP contribution in [0.15, 0.2) is 46.2 Å². The van der Waals surface area contributed by atoms with Crippen LogP contribution in [0.3, 0.4) is 0 Å². The molecule has 3 rings (SSSR count). The van der Waals surface area contributed by atoms with Gasteiger partial charge in [0.05, 0.1) is 28.2 Å². The molecule has 2 aromatic heterocycles. The standard InChI is InChI=1S/C17H17N5O4S/c1-3-21-16(14-8-5-9-26-14)19-20-17(21)27-10-15(23)18-12-6-4-7-13(11(12)2)22(24)25/h4-9H,3,10H2,1-2H3,(H,18,23). The number of aromatic nitrogens is 3. The monoisotopic (exact) mass is 387 g/mol. The van der Waals surface area contributed by atoms with E-state index in [4.69, 9.17) is 4.42 Å². The summed E-state index contributed by atoms with van der Waals surface area (Å²) in [7, 11) is 0. The van der Waals surface area contributed by atoms with E-state index in [9.17, 15) is 14.9 Å². The predicted molar refractivity (Wildman–Crippen MR) is 101 cm³/mol. The van der Waals surface area contributed by atoms with Crippen LogP contribution in [0.4, 0.5) is 11.4 Å². The number of furan rings is 1. The zero-order chi connectivity index (χ0) is 19.4. The van der Waals surface area contributed by atoms with E-state index in [0.29, 0.717) is 34.5 Å². The van der Waals surface area contributed by atoms with E-state index in [-0.39, 0.29) is 17.3 Å². The minimum absolute atomic E-state index is 0.0331. The number of nitrogens with zero attached hydrogens (tertiary/aromatic N) is 4. The number of amides is 1. The molecule has 0 aliphatic carbocycles. The van der Waals surface area contributed by atoms with Gasteiger partial charge in [0, 0.05) is 12.6 Å². The molecule has 9 nitrogen and oxygen atoms in total. The molecule has 0 fully saturated rings. The van der Waals surface area contributed by atoms with Crippen LogP contribution in [-0.2, 0) is 11.3 Å². The Balaban J connectivity index is 1.68. The summed E-state index contributed by atoms with van der Waals surface area (Å²) in [4.78, 5) is 22.8. The summed E-state index contributed by atoms with van der Waals surface area (Å²) in [6.45, 7) is 4.17. The molecule has 0 atom stereocenters. The topological polar surface area (TPSA) is 116 Å². The zero-order valence-corrected chi connectivity index (χ0v) is 15.5. The van der Waals surface area contributed by atoms with Gasteiger partial charge >= 0.3 is 0 Å². The molecule has 2 heterocycles. The molecule has 0 radical (unpaired) electrons. The van der Waals surface area contributed by atoms with Gasteiger partial charge in [0.2, 0.25) is 5.91 Å². The van der Waals surface area contributed by atoms with E-state index in [1.807, 2.05) is 11.5 Å². The Morgan fingerprint density at radius 2 is 2.15 bits per heavy atom. The van der Waals surface area contributed by atoms with E-state index in [2.05, 4.69) is 15.5 Å². The van der Waals surface area contributed by atoms with Gasteiger partial charge in [-0.3, -0.25) is 19.5 Å². The summed E-state index contributed by atoms with van der Waals surface area (Å²) in [5.41, 5.74) is 0.801. The Bertz CT molecular complexity index is 968.